The van der Waals surface area contributed by atoms with E-state index in [1.165, 1.54) is 37.9 Å². The third-order valence-electron chi connectivity index (χ3n) is 4.56. The lowest BCUT2D eigenvalue weighted by atomic mass is 10.1. The normalized spacial score (nSPS) is 30.3. The molecule has 2 bridgehead atoms. The Labute approximate surface area is 109 Å². The van der Waals surface area contributed by atoms with E-state index in [0.717, 1.165) is 12.6 Å². The lowest BCUT2D eigenvalue weighted by Gasteiger charge is -2.29. The molecule has 3 rings (SSSR count). The van der Waals surface area contributed by atoms with Gasteiger partial charge in [0.1, 0.15) is 0 Å². The summed E-state index contributed by atoms with van der Waals surface area (Å²) in [7, 11) is 0. The molecule has 1 N–H and O–H groups in total. The molecule has 0 amide bonds. The number of nitrogens with one attached hydrogen (secondary N) is 1. The molecular weight excluding hydrogens is 224 g/mol. The van der Waals surface area contributed by atoms with Crippen LogP contribution in [0.2, 0.25) is 0 Å². The van der Waals surface area contributed by atoms with Gasteiger partial charge in [0.15, 0.2) is 0 Å². The van der Waals surface area contributed by atoms with Gasteiger partial charge in [-0.3, -0.25) is 9.58 Å². The Kier molecular flexibility index (Phi) is 3.39. The Morgan fingerprint density at radius 1 is 1.39 bits per heavy atom. The smallest absolute Gasteiger partial charge is 0.0537 e. The summed E-state index contributed by atoms with van der Waals surface area (Å²) >= 11 is 0. The van der Waals surface area contributed by atoms with E-state index in [1.807, 2.05) is 10.9 Å². The minimum Gasteiger partial charge on any atom is -0.310 e. The molecule has 3 heterocycles. The maximum absolute atomic E-state index is 4.40. The molecule has 0 radical (unpaired) electrons. The molecule has 2 saturated heterocycles. The molecule has 0 spiro atoms. The summed E-state index contributed by atoms with van der Waals surface area (Å²) in [6.07, 6.45) is 8.25. The summed E-state index contributed by atoms with van der Waals surface area (Å²) in [5.41, 5.74) is 1.36. The highest BCUT2D eigenvalue weighted by atomic mass is 15.3. The molecule has 0 aliphatic carbocycles. The molecule has 4 nitrogen and oxygen atoms in total. The average molecular weight is 248 g/mol. The molecule has 3 atom stereocenters. The van der Waals surface area contributed by atoms with Crippen LogP contribution in [0.15, 0.2) is 12.4 Å². The number of hydrogen-bond donors (Lipinski definition) is 1. The van der Waals surface area contributed by atoms with Gasteiger partial charge in [-0.1, -0.05) is 0 Å². The molecule has 2 aliphatic rings. The average Bonchev–Trinajstić information content (AvgIpc) is 2.95. The third kappa shape index (κ3) is 2.31. The highest BCUT2D eigenvalue weighted by molar-refractivity contribution is 5.10. The largest absolute Gasteiger partial charge is 0.310 e. The molecule has 1 aromatic rings. The van der Waals surface area contributed by atoms with Crippen LogP contribution in [0.1, 0.15) is 44.7 Å². The number of fused-ring (bicyclic) bond motifs is 2. The van der Waals surface area contributed by atoms with Gasteiger partial charge < -0.3 is 5.32 Å². The maximum Gasteiger partial charge on any atom is 0.0537 e. The fourth-order valence-electron chi connectivity index (χ4n) is 3.30. The van der Waals surface area contributed by atoms with Gasteiger partial charge in [-0.2, -0.15) is 5.10 Å². The Morgan fingerprint density at radius 2 is 2.22 bits per heavy atom. The third-order valence-corrected chi connectivity index (χ3v) is 4.56. The van der Waals surface area contributed by atoms with Gasteiger partial charge >= 0.3 is 0 Å². The molecule has 3 unspecified atom stereocenters. The summed E-state index contributed by atoms with van der Waals surface area (Å²) in [6, 6.07) is 1.97. The fraction of sp³-hybridized carbons (Fsp3) is 0.786. The zero-order valence-electron chi connectivity index (χ0n) is 11.5. The molecule has 2 aliphatic heterocycles. The predicted molar refractivity (Wildman–Crippen MR) is 72.5 cm³/mol. The van der Waals surface area contributed by atoms with E-state index in [9.17, 15) is 0 Å². The minimum atomic E-state index is 0.492. The first-order valence-corrected chi connectivity index (χ1v) is 7.28. The van der Waals surface area contributed by atoms with Crippen molar-refractivity contribution in [2.45, 2.75) is 57.8 Å². The van der Waals surface area contributed by atoms with Gasteiger partial charge in [-0.25, -0.2) is 0 Å². The zero-order chi connectivity index (χ0) is 12.5. The van der Waals surface area contributed by atoms with E-state index in [0.29, 0.717) is 12.1 Å². The standard InChI is InChI=1S/C14H24N4/c1-3-18-9-12(8-15-18)11(2)17-7-6-13-4-5-14(10-17)16-13/h8-9,11,13-14,16H,3-7,10H2,1-2H3. The fourth-order valence-corrected chi connectivity index (χ4v) is 3.30. The van der Waals surface area contributed by atoms with E-state index in [1.54, 1.807) is 0 Å². The van der Waals surface area contributed by atoms with Crippen molar-refractivity contribution in [1.82, 2.24) is 20.0 Å². The number of nitrogens with zero attached hydrogens (tertiary/aromatic N) is 3. The summed E-state index contributed by atoms with van der Waals surface area (Å²) in [5, 5.41) is 8.14. The monoisotopic (exact) mass is 248 g/mol. The van der Waals surface area contributed by atoms with Crippen molar-refractivity contribution in [3.8, 4) is 0 Å². The lowest BCUT2D eigenvalue weighted by molar-refractivity contribution is 0.200. The van der Waals surface area contributed by atoms with Crippen molar-refractivity contribution in [2.24, 2.45) is 0 Å². The van der Waals surface area contributed by atoms with E-state index >= 15 is 0 Å². The zero-order valence-corrected chi connectivity index (χ0v) is 11.5. The van der Waals surface area contributed by atoms with Crippen LogP contribution in [-0.2, 0) is 6.54 Å². The quantitative estimate of drug-likeness (QED) is 0.885. The predicted octanol–water partition coefficient (Wildman–Crippen LogP) is 1.79. The molecule has 4 heteroatoms. The van der Waals surface area contributed by atoms with Crippen LogP contribution in [0.25, 0.3) is 0 Å². The first kappa shape index (κ1) is 12.2. The number of aromatic nitrogens is 2. The van der Waals surface area contributed by atoms with Gasteiger partial charge in [0.05, 0.1) is 6.20 Å². The second kappa shape index (κ2) is 5.02. The molecule has 1 aromatic heterocycles. The molecule has 100 valence electrons. The Morgan fingerprint density at radius 3 is 3.00 bits per heavy atom. The van der Waals surface area contributed by atoms with Crippen LogP contribution in [0.5, 0.6) is 0 Å². The van der Waals surface area contributed by atoms with Crippen LogP contribution in [-0.4, -0.2) is 39.9 Å². The van der Waals surface area contributed by atoms with Gasteiger partial charge in [-0.05, 0) is 33.1 Å². The second-order valence-corrected chi connectivity index (χ2v) is 5.73. The van der Waals surface area contributed by atoms with Crippen molar-refractivity contribution < 1.29 is 0 Å². The van der Waals surface area contributed by atoms with Crippen LogP contribution in [0.4, 0.5) is 0 Å². The Bertz CT molecular complexity index is 400. The van der Waals surface area contributed by atoms with Crippen LogP contribution in [0, 0.1) is 0 Å². The van der Waals surface area contributed by atoms with Crippen molar-refractivity contribution in [3.05, 3.63) is 18.0 Å². The summed E-state index contributed by atoms with van der Waals surface area (Å²) in [6.45, 7) is 7.81. The molecule has 0 saturated carbocycles. The van der Waals surface area contributed by atoms with Crippen molar-refractivity contribution >= 4 is 0 Å². The van der Waals surface area contributed by atoms with Gasteiger partial charge in [0.25, 0.3) is 0 Å². The first-order chi connectivity index (χ1) is 8.76. The number of hydrogen-bond acceptors (Lipinski definition) is 3. The van der Waals surface area contributed by atoms with E-state index in [2.05, 4.69) is 35.4 Å². The highest BCUT2D eigenvalue weighted by Crippen LogP contribution is 2.26. The number of rotatable bonds is 3. The molecule has 0 aromatic carbocycles. The summed E-state index contributed by atoms with van der Waals surface area (Å²) in [4.78, 5) is 2.62. The van der Waals surface area contributed by atoms with Crippen LogP contribution in [0.3, 0.4) is 0 Å². The van der Waals surface area contributed by atoms with Crippen LogP contribution < -0.4 is 5.32 Å². The lowest BCUT2D eigenvalue weighted by Crippen LogP contribution is -2.36. The van der Waals surface area contributed by atoms with Gasteiger partial charge in [-0.15, -0.1) is 0 Å². The van der Waals surface area contributed by atoms with Gasteiger partial charge in [0.2, 0.25) is 0 Å². The second-order valence-electron chi connectivity index (χ2n) is 5.73. The van der Waals surface area contributed by atoms with Crippen molar-refractivity contribution in [2.75, 3.05) is 13.1 Å². The topological polar surface area (TPSA) is 33.1 Å². The molecule has 18 heavy (non-hydrogen) atoms. The first-order valence-electron chi connectivity index (χ1n) is 7.28. The van der Waals surface area contributed by atoms with E-state index in [4.69, 9.17) is 0 Å². The van der Waals surface area contributed by atoms with E-state index in [-0.39, 0.29) is 0 Å². The minimum absolute atomic E-state index is 0.492. The Balaban J connectivity index is 1.69. The maximum atomic E-state index is 4.40. The van der Waals surface area contributed by atoms with E-state index < -0.39 is 0 Å². The van der Waals surface area contributed by atoms with Crippen LogP contribution >= 0.6 is 0 Å². The van der Waals surface area contributed by atoms with Crippen molar-refractivity contribution in [3.63, 3.8) is 0 Å². The van der Waals surface area contributed by atoms with Crippen molar-refractivity contribution in [1.29, 1.82) is 0 Å². The van der Waals surface area contributed by atoms with Gasteiger partial charge in [0, 0.05) is 49.5 Å². The Hall–Kier alpha value is -0.870. The summed E-state index contributed by atoms with van der Waals surface area (Å²) in [5.74, 6) is 0. The number of aryl methyl sites for hydroxylation is 1. The number of likely N-dealkylation sites (tertiary alicyclic amines) is 1. The SMILES string of the molecule is CCn1cc(C(C)N2CCC3CCC(C2)N3)cn1. The highest BCUT2D eigenvalue weighted by Gasteiger charge is 2.31. The molecule has 2 fully saturated rings. The molecular formula is C14H24N4. The summed E-state index contributed by atoms with van der Waals surface area (Å²) < 4.78 is 2.02.